The maximum absolute atomic E-state index is 10.6. The number of aromatic nitrogens is 3. The molecule has 2 N–H and O–H groups in total. The number of benzene rings is 1. The lowest BCUT2D eigenvalue weighted by Crippen LogP contribution is -2.02. The predicted octanol–water partition coefficient (Wildman–Crippen LogP) is 0.677. The third-order valence-electron chi connectivity index (χ3n) is 2.25. The zero-order chi connectivity index (χ0) is 12.3. The first kappa shape index (κ1) is 11.2. The summed E-state index contributed by atoms with van der Waals surface area (Å²) < 4.78 is 1.50. The minimum Gasteiger partial charge on any atom is -0.330 e. The molecule has 88 valence electrons. The van der Waals surface area contributed by atoms with Crippen LogP contribution in [0.4, 0.5) is 5.69 Å². The van der Waals surface area contributed by atoms with Gasteiger partial charge >= 0.3 is 0 Å². The number of nitro benzene ring substituents is 1. The molecule has 2 rings (SSSR count). The molecule has 0 unspecified atom stereocenters. The minimum atomic E-state index is -0.443. The molecule has 0 fully saturated rings. The third-order valence-corrected chi connectivity index (χ3v) is 2.25. The zero-order valence-electron chi connectivity index (χ0n) is 8.98. The molecule has 0 radical (unpaired) electrons. The minimum absolute atomic E-state index is 0.0263. The van der Waals surface area contributed by atoms with E-state index in [0.717, 1.165) is 5.69 Å². The Hall–Kier alpha value is -2.28. The highest BCUT2D eigenvalue weighted by atomic mass is 16.6. The van der Waals surface area contributed by atoms with Gasteiger partial charge in [-0.3, -0.25) is 10.1 Å². The summed E-state index contributed by atoms with van der Waals surface area (Å²) >= 11 is 0. The van der Waals surface area contributed by atoms with Crippen molar-refractivity contribution in [1.29, 1.82) is 0 Å². The van der Waals surface area contributed by atoms with Gasteiger partial charge in [-0.15, -0.1) is 5.10 Å². The van der Waals surface area contributed by atoms with Crippen LogP contribution in [0.15, 0.2) is 30.5 Å². The van der Waals surface area contributed by atoms with E-state index >= 15 is 0 Å². The van der Waals surface area contributed by atoms with Crippen molar-refractivity contribution in [2.75, 3.05) is 6.54 Å². The van der Waals surface area contributed by atoms with Crippen molar-refractivity contribution in [3.63, 3.8) is 0 Å². The van der Waals surface area contributed by atoms with Crippen LogP contribution in [0.2, 0.25) is 0 Å². The Morgan fingerprint density at radius 3 is 3.00 bits per heavy atom. The summed E-state index contributed by atoms with van der Waals surface area (Å²) in [6.45, 7) is 0.494. The molecule has 0 saturated carbocycles. The number of nitro groups is 1. The lowest BCUT2D eigenvalue weighted by molar-refractivity contribution is -0.384. The smallest absolute Gasteiger partial charge is 0.271 e. The van der Waals surface area contributed by atoms with Crippen LogP contribution in [0.3, 0.4) is 0 Å². The van der Waals surface area contributed by atoms with Gasteiger partial charge in [0, 0.05) is 18.6 Å². The second-order valence-corrected chi connectivity index (χ2v) is 3.47. The molecule has 0 atom stereocenters. The Bertz CT molecular complexity index is 537. The van der Waals surface area contributed by atoms with Gasteiger partial charge in [0.25, 0.3) is 5.69 Å². The summed E-state index contributed by atoms with van der Waals surface area (Å²) in [5, 5.41) is 18.4. The van der Waals surface area contributed by atoms with Crippen molar-refractivity contribution >= 4 is 5.69 Å². The average Bonchev–Trinajstić information content (AvgIpc) is 2.78. The second-order valence-electron chi connectivity index (χ2n) is 3.47. The Balaban J connectivity index is 2.32. The molecule has 1 heterocycles. The van der Waals surface area contributed by atoms with E-state index in [2.05, 4.69) is 10.3 Å². The van der Waals surface area contributed by atoms with Crippen molar-refractivity contribution < 1.29 is 4.92 Å². The van der Waals surface area contributed by atoms with Crippen molar-refractivity contribution in [2.24, 2.45) is 5.73 Å². The maximum Gasteiger partial charge on any atom is 0.271 e. The van der Waals surface area contributed by atoms with Crippen LogP contribution in [0.25, 0.3) is 5.69 Å². The molecule has 0 spiro atoms. The summed E-state index contributed by atoms with van der Waals surface area (Å²) in [4.78, 5) is 10.2. The molecule has 1 aromatic carbocycles. The maximum atomic E-state index is 10.6. The van der Waals surface area contributed by atoms with Gasteiger partial charge in [0.1, 0.15) is 0 Å². The number of non-ortho nitro benzene ring substituents is 1. The molecule has 0 amide bonds. The number of hydrogen-bond donors (Lipinski definition) is 1. The summed E-state index contributed by atoms with van der Waals surface area (Å²) in [6.07, 6.45) is 2.35. The summed E-state index contributed by atoms with van der Waals surface area (Å²) in [7, 11) is 0. The van der Waals surface area contributed by atoms with Gasteiger partial charge in [-0.1, -0.05) is 11.3 Å². The van der Waals surface area contributed by atoms with E-state index in [1.807, 2.05) is 0 Å². The van der Waals surface area contributed by atoms with E-state index in [-0.39, 0.29) is 5.69 Å². The first-order valence-electron chi connectivity index (χ1n) is 5.07. The highest BCUT2D eigenvalue weighted by Gasteiger charge is 2.08. The topological polar surface area (TPSA) is 99.9 Å². The molecule has 0 bridgehead atoms. The van der Waals surface area contributed by atoms with E-state index in [1.54, 1.807) is 18.3 Å². The fraction of sp³-hybridized carbons (Fsp3) is 0.200. The quantitative estimate of drug-likeness (QED) is 0.618. The molecule has 0 aliphatic heterocycles. The predicted molar refractivity (Wildman–Crippen MR) is 60.8 cm³/mol. The number of nitrogens with zero attached hydrogens (tertiary/aromatic N) is 4. The van der Waals surface area contributed by atoms with E-state index < -0.39 is 4.92 Å². The SMILES string of the molecule is NCCc1cn(-c2cccc([N+](=O)[O-])c2)nn1. The van der Waals surface area contributed by atoms with Gasteiger partial charge in [-0.2, -0.15) is 0 Å². The molecule has 1 aromatic heterocycles. The van der Waals surface area contributed by atoms with Gasteiger partial charge < -0.3 is 5.73 Å². The first-order chi connectivity index (χ1) is 8.20. The Morgan fingerprint density at radius 2 is 2.29 bits per heavy atom. The van der Waals surface area contributed by atoms with E-state index in [1.165, 1.54) is 16.8 Å². The van der Waals surface area contributed by atoms with Crippen LogP contribution in [-0.4, -0.2) is 26.5 Å². The van der Waals surface area contributed by atoms with Crippen LogP contribution in [-0.2, 0) is 6.42 Å². The van der Waals surface area contributed by atoms with Crippen LogP contribution in [0.5, 0.6) is 0 Å². The molecular formula is C10H11N5O2. The zero-order valence-corrected chi connectivity index (χ0v) is 8.98. The molecule has 7 nitrogen and oxygen atoms in total. The second kappa shape index (κ2) is 4.71. The average molecular weight is 233 g/mol. The lowest BCUT2D eigenvalue weighted by Gasteiger charge is -1.98. The summed E-state index contributed by atoms with van der Waals surface area (Å²) in [5.41, 5.74) is 6.80. The number of nitrogens with two attached hydrogens (primary N) is 1. The summed E-state index contributed by atoms with van der Waals surface area (Å²) in [5.74, 6) is 0. The van der Waals surface area contributed by atoms with Gasteiger partial charge in [-0.25, -0.2) is 4.68 Å². The highest BCUT2D eigenvalue weighted by molar-refractivity contribution is 5.42. The fourth-order valence-electron chi connectivity index (χ4n) is 1.44. The van der Waals surface area contributed by atoms with Gasteiger partial charge in [0.15, 0.2) is 0 Å². The Labute approximate surface area is 97.0 Å². The monoisotopic (exact) mass is 233 g/mol. The Kier molecular flexibility index (Phi) is 3.10. The lowest BCUT2D eigenvalue weighted by atomic mass is 10.3. The highest BCUT2D eigenvalue weighted by Crippen LogP contribution is 2.15. The molecule has 0 saturated heterocycles. The standard InChI is InChI=1S/C10H11N5O2/c11-5-4-8-7-14(13-12-8)9-2-1-3-10(6-9)15(16)17/h1-3,6-7H,4-5,11H2. The van der Waals surface area contributed by atoms with Crippen molar-refractivity contribution in [3.05, 3.63) is 46.3 Å². The number of hydrogen-bond acceptors (Lipinski definition) is 5. The first-order valence-corrected chi connectivity index (χ1v) is 5.07. The molecule has 7 heteroatoms. The Morgan fingerprint density at radius 1 is 1.47 bits per heavy atom. The molecule has 0 aliphatic carbocycles. The molecule has 2 aromatic rings. The largest absolute Gasteiger partial charge is 0.330 e. The van der Waals surface area contributed by atoms with E-state index in [4.69, 9.17) is 5.73 Å². The van der Waals surface area contributed by atoms with Gasteiger partial charge in [-0.05, 0) is 12.6 Å². The summed E-state index contributed by atoms with van der Waals surface area (Å²) in [6, 6.07) is 6.22. The van der Waals surface area contributed by atoms with Gasteiger partial charge in [0.2, 0.25) is 0 Å². The van der Waals surface area contributed by atoms with Gasteiger partial charge in [0.05, 0.1) is 22.5 Å². The van der Waals surface area contributed by atoms with Crippen molar-refractivity contribution in [3.8, 4) is 5.69 Å². The fourth-order valence-corrected chi connectivity index (χ4v) is 1.44. The van der Waals surface area contributed by atoms with Crippen molar-refractivity contribution in [2.45, 2.75) is 6.42 Å². The van der Waals surface area contributed by atoms with Crippen LogP contribution < -0.4 is 5.73 Å². The number of rotatable bonds is 4. The normalized spacial score (nSPS) is 10.4. The van der Waals surface area contributed by atoms with E-state index in [0.29, 0.717) is 18.7 Å². The third kappa shape index (κ3) is 2.45. The van der Waals surface area contributed by atoms with Crippen molar-refractivity contribution in [1.82, 2.24) is 15.0 Å². The van der Waals surface area contributed by atoms with E-state index in [9.17, 15) is 10.1 Å². The molecule has 17 heavy (non-hydrogen) atoms. The molecule has 0 aliphatic rings. The van der Waals surface area contributed by atoms with Crippen LogP contribution in [0, 0.1) is 10.1 Å². The van der Waals surface area contributed by atoms with Crippen LogP contribution >= 0.6 is 0 Å². The van der Waals surface area contributed by atoms with Crippen LogP contribution in [0.1, 0.15) is 5.69 Å². The molecular weight excluding hydrogens is 222 g/mol.